The quantitative estimate of drug-likeness (QED) is 0.340. The smallest absolute Gasteiger partial charge is 0.416 e. The molecule has 1 aliphatic rings. The third-order valence-electron chi connectivity index (χ3n) is 6.43. The summed E-state index contributed by atoms with van der Waals surface area (Å²) in [7, 11) is 4.60. The second-order valence-corrected chi connectivity index (χ2v) is 9.73. The van der Waals surface area contributed by atoms with Crippen LogP contribution in [0.3, 0.4) is 0 Å². The number of rotatable bonds is 8. The Kier molecular flexibility index (Phi) is 6.92. The molecule has 0 aliphatic heterocycles. The van der Waals surface area contributed by atoms with E-state index in [-0.39, 0.29) is 30.0 Å². The summed E-state index contributed by atoms with van der Waals surface area (Å²) in [5.41, 5.74) is 1.36. The summed E-state index contributed by atoms with van der Waals surface area (Å²) in [6.45, 7) is 0.252. The zero-order valence-corrected chi connectivity index (χ0v) is 22.2. The minimum atomic E-state index is -0.983. The van der Waals surface area contributed by atoms with E-state index in [2.05, 4.69) is 15.8 Å². The first kappa shape index (κ1) is 26.1. The molecule has 0 bridgehead atoms. The predicted octanol–water partition coefficient (Wildman–Crippen LogP) is 3.92. The Hall–Kier alpha value is -4.51. The maximum atomic E-state index is 12.9. The number of carbonyl (C=O) groups excluding carboxylic acids is 3. The van der Waals surface area contributed by atoms with Gasteiger partial charge in [-0.1, -0.05) is 41.9 Å². The van der Waals surface area contributed by atoms with Crippen LogP contribution in [0.25, 0.3) is 16.6 Å². The lowest BCUT2D eigenvalue weighted by molar-refractivity contribution is -0.124. The molecule has 2 heterocycles. The van der Waals surface area contributed by atoms with E-state index in [1.165, 1.54) is 18.1 Å². The number of amides is 3. The number of benzene rings is 2. The largest absolute Gasteiger partial charge is 0.479 e. The molecule has 12 heteroatoms. The Morgan fingerprint density at radius 1 is 1.13 bits per heavy atom. The van der Waals surface area contributed by atoms with Crippen molar-refractivity contribution in [2.45, 2.75) is 24.9 Å². The van der Waals surface area contributed by atoms with Crippen LogP contribution in [0.1, 0.15) is 29.0 Å². The molecule has 1 fully saturated rings. The summed E-state index contributed by atoms with van der Waals surface area (Å²) in [5, 5.41) is 10.3. The van der Waals surface area contributed by atoms with Crippen LogP contribution >= 0.6 is 11.6 Å². The first-order chi connectivity index (χ1) is 18.7. The number of nitrogens with one attached hydrogen (secondary N) is 2. The normalized spacial score (nSPS) is 13.5. The highest BCUT2D eigenvalue weighted by atomic mass is 35.5. The van der Waals surface area contributed by atoms with E-state index in [1.807, 2.05) is 48.5 Å². The Balaban J connectivity index is 1.29. The molecule has 2 aromatic carbocycles. The van der Waals surface area contributed by atoms with Gasteiger partial charge < -0.3 is 29.5 Å². The summed E-state index contributed by atoms with van der Waals surface area (Å²) in [5.74, 6) is -0.460. The number of nitrogens with zero attached hydrogens (tertiary/aromatic N) is 3. The topological polar surface area (TPSA) is 128 Å². The van der Waals surface area contributed by atoms with Gasteiger partial charge in [0, 0.05) is 31.7 Å². The zero-order valence-electron chi connectivity index (χ0n) is 21.5. The summed E-state index contributed by atoms with van der Waals surface area (Å²) >= 11 is 6.60. The second-order valence-electron chi connectivity index (χ2n) is 9.35. The molecule has 39 heavy (non-hydrogen) atoms. The molecule has 3 amide bonds. The highest BCUT2D eigenvalue weighted by Gasteiger charge is 2.51. The van der Waals surface area contributed by atoms with E-state index in [4.69, 9.17) is 25.6 Å². The molecule has 2 aromatic heterocycles. The van der Waals surface area contributed by atoms with Gasteiger partial charge in [0.1, 0.15) is 10.6 Å². The Bertz CT molecular complexity index is 1550. The standard InChI is InChI=1S/C27H26ClN5O6/c1-32(2)26(36)38-24-22(28)18-6-4-5-7-19(18)33(24)17-10-8-16(9-11-17)15-29-25(35)27(12-13-27)30-23(34)20-14-21(37-3)31-39-20/h4-11,14H,12-13,15H2,1-3H3,(H,29,35)(H,30,34). The highest BCUT2D eigenvalue weighted by Crippen LogP contribution is 2.39. The minimum Gasteiger partial charge on any atom is -0.479 e. The van der Waals surface area contributed by atoms with Gasteiger partial charge in [0.05, 0.1) is 18.7 Å². The number of methoxy groups -OCH3 is 1. The lowest BCUT2D eigenvalue weighted by atomic mass is 10.1. The molecular formula is C27H26ClN5O6. The summed E-state index contributed by atoms with van der Waals surface area (Å²) < 4.78 is 17.3. The Labute approximate surface area is 228 Å². The monoisotopic (exact) mass is 551 g/mol. The fraction of sp³-hybridized carbons (Fsp3) is 0.259. The van der Waals surface area contributed by atoms with Gasteiger partial charge in [-0.05, 0) is 41.8 Å². The maximum absolute atomic E-state index is 12.9. The number of hydrogen-bond donors (Lipinski definition) is 2. The van der Waals surface area contributed by atoms with Crippen molar-refractivity contribution in [2.24, 2.45) is 0 Å². The third kappa shape index (κ3) is 5.13. The lowest BCUT2D eigenvalue weighted by Gasteiger charge is -2.17. The predicted molar refractivity (Wildman–Crippen MR) is 142 cm³/mol. The van der Waals surface area contributed by atoms with Crippen LogP contribution in [0.15, 0.2) is 59.1 Å². The van der Waals surface area contributed by atoms with Crippen LogP contribution in [0.4, 0.5) is 4.79 Å². The first-order valence-electron chi connectivity index (χ1n) is 12.1. The summed E-state index contributed by atoms with van der Waals surface area (Å²) in [4.78, 5) is 39.0. The average molecular weight is 552 g/mol. The lowest BCUT2D eigenvalue weighted by Crippen LogP contribution is -2.48. The summed E-state index contributed by atoms with van der Waals surface area (Å²) in [6, 6.07) is 16.3. The average Bonchev–Trinajstić information content (AvgIpc) is 3.45. The van der Waals surface area contributed by atoms with E-state index in [0.717, 1.165) is 22.2 Å². The fourth-order valence-electron chi connectivity index (χ4n) is 4.09. The molecule has 0 saturated heterocycles. The van der Waals surface area contributed by atoms with Crippen molar-refractivity contribution in [1.29, 1.82) is 0 Å². The minimum absolute atomic E-state index is 0.0326. The van der Waals surface area contributed by atoms with Gasteiger partial charge in [-0.3, -0.25) is 14.2 Å². The zero-order chi connectivity index (χ0) is 27.7. The van der Waals surface area contributed by atoms with Crippen molar-refractivity contribution in [3.05, 3.63) is 70.9 Å². The fourth-order valence-corrected chi connectivity index (χ4v) is 4.37. The maximum Gasteiger partial charge on any atom is 0.416 e. The number of halogens is 1. The third-order valence-corrected chi connectivity index (χ3v) is 6.79. The van der Waals surface area contributed by atoms with Crippen LogP contribution in [0.2, 0.25) is 5.02 Å². The van der Waals surface area contributed by atoms with Gasteiger partial charge in [-0.25, -0.2) is 4.79 Å². The molecule has 2 N–H and O–H groups in total. The van der Waals surface area contributed by atoms with Crippen LogP contribution < -0.4 is 20.1 Å². The van der Waals surface area contributed by atoms with Crippen molar-refractivity contribution in [2.75, 3.05) is 21.2 Å². The van der Waals surface area contributed by atoms with Crippen LogP contribution in [0.5, 0.6) is 11.8 Å². The van der Waals surface area contributed by atoms with E-state index >= 15 is 0 Å². The number of fused-ring (bicyclic) bond motifs is 1. The van der Waals surface area contributed by atoms with Crippen molar-refractivity contribution in [3.63, 3.8) is 0 Å². The van der Waals surface area contributed by atoms with Gasteiger partial charge in [-0.15, -0.1) is 0 Å². The molecule has 0 radical (unpaired) electrons. The van der Waals surface area contributed by atoms with E-state index < -0.39 is 17.5 Å². The molecule has 11 nitrogen and oxygen atoms in total. The number of para-hydroxylation sites is 1. The van der Waals surface area contributed by atoms with Crippen molar-refractivity contribution in [3.8, 4) is 17.4 Å². The number of aromatic nitrogens is 2. The molecule has 0 spiro atoms. The van der Waals surface area contributed by atoms with Gasteiger partial charge in [-0.2, -0.15) is 0 Å². The molecule has 1 aliphatic carbocycles. The SMILES string of the molecule is COc1cc(C(=O)NC2(C(=O)NCc3ccc(-n4c(OC(=O)N(C)C)c(Cl)c5ccccc54)cc3)CC2)on1. The summed E-state index contributed by atoms with van der Waals surface area (Å²) in [6.07, 6.45) is 0.485. The Morgan fingerprint density at radius 3 is 2.49 bits per heavy atom. The van der Waals surface area contributed by atoms with Crippen molar-refractivity contribution >= 4 is 40.4 Å². The highest BCUT2D eigenvalue weighted by molar-refractivity contribution is 6.37. The Morgan fingerprint density at radius 2 is 1.85 bits per heavy atom. The van der Waals surface area contributed by atoms with Gasteiger partial charge in [0.2, 0.25) is 17.5 Å². The molecule has 5 rings (SSSR count). The molecule has 4 aromatic rings. The first-order valence-corrected chi connectivity index (χ1v) is 12.5. The van der Waals surface area contributed by atoms with Crippen molar-refractivity contribution < 1.29 is 28.4 Å². The van der Waals surface area contributed by atoms with Gasteiger partial charge in [0.15, 0.2) is 0 Å². The number of carbonyl (C=O) groups is 3. The van der Waals surface area contributed by atoms with E-state index in [0.29, 0.717) is 17.9 Å². The van der Waals surface area contributed by atoms with Gasteiger partial charge >= 0.3 is 6.09 Å². The molecule has 1 saturated carbocycles. The van der Waals surface area contributed by atoms with Crippen molar-refractivity contribution in [1.82, 2.24) is 25.3 Å². The van der Waals surface area contributed by atoms with Crippen LogP contribution in [-0.4, -0.2) is 59.3 Å². The second kappa shape index (κ2) is 10.3. The molecule has 0 unspecified atom stereocenters. The molecular weight excluding hydrogens is 526 g/mol. The van der Waals surface area contributed by atoms with Crippen LogP contribution in [-0.2, 0) is 11.3 Å². The number of hydrogen-bond acceptors (Lipinski definition) is 7. The van der Waals surface area contributed by atoms with E-state index in [1.54, 1.807) is 18.7 Å². The molecule has 202 valence electrons. The molecule has 0 atom stereocenters. The number of ether oxygens (including phenoxy) is 2. The van der Waals surface area contributed by atoms with Gasteiger partial charge in [0.25, 0.3) is 11.8 Å². The van der Waals surface area contributed by atoms with Crippen LogP contribution in [0, 0.1) is 0 Å². The van der Waals surface area contributed by atoms with E-state index in [9.17, 15) is 14.4 Å².